The molecule has 0 spiro atoms. The first-order valence-corrected chi connectivity index (χ1v) is 7.33. The minimum atomic E-state index is -0.886. The minimum Gasteiger partial charge on any atom is -0.478 e. The van der Waals surface area contributed by atoms with Crippen molar-refractivity contribution >= 4 is 18.4 Å². The molecule has 0 unspecified atom stereocenters. The molecule has 2 nitrogen and oxygen atoms in total. The lowest BCUT2D eigenvalue weighted by atomic mass is 10.1. The van der Waals surface area contributed by atoms with Gasteiger partial charge in [0.05, 0.1) is 0 Å². The fraction of sp³-hybridized carbons (Fsp3) is 0.688. The van der Waals surface area contributed by atoms with Gasteiger partial charge in [0.25, 0.3) is 0 Å². The fourth-order valence-electron chi connectivity index (χ4n) is 1.89. The molecule has 0 radical (unpaired) electrons. The molecule has 3 heteroatoms. The molecule has 0 heterocycles. The van der Waals surface area contributed by atoms with E-state index in [1.165, 1.54) is 57.8 Å². The maximum absolute atomic E-state index is 10.2. The fourth-order valence-corrected chi connectivity index (χ4v) is 1.89. The molecule has 19 heavy (non-hydrogen) atoms. The zero-order chi connectivity index (χ0) is 13.5. The van der Waals surface area contributed by atoms with E-state index in [1.54, 1.807) is 6.08 Å². The van der Waals surface area contributed by atoms with E-state index in [-0.39, 0.29) is 12.4 Å². The summed E-state index contributed by atoms with van der Waals surface area (Å²) in [5, 5.41) is 8.37. The minimum absolute atomic E-state index is 0. The molecule has 0 aliphatic heterocycles. The van der Waals surface area contributed by atoms with Gasteiger partial charge in [0.2, 0.25) is 0 Å². The average molecular weight is 289 g/mol. The number of halogens is 1. The molecule has 0 aliphatic carbocycles. The molecular formula is C16H29ClO2. The number of allylic oxidation sites excluding steroid dienone is 3. The summed E-state index contributed by atoms with van der Waals surface area (Å²) in [6.07, 6.45) is 19.8. The third-order valence-corrected chi connectivity index (χ3v) is 2.96. The monoisotopic (exact) mass is 288 g/mol. The molecule has 0 bridgehead atoms. The van der Waals surface area contributed by atoms with Crippen LogP contribution in [0, 0.1) is 0 Å². The number of aliphatic carboxylic acids is 1. The molecule has 0 aromatic heterocycles. The summed E-state index contributed by atoms with van der Waals surface area (Å²) in [5.41, 5.74) is 0. The Balaban J connectivity index is 0. The summed E-state index contributed by atoms with van der Waals surface area (Å²) in [6.45, 7) is 2.25. The predicted molar refractivity (Wildman–Crippen MR) is 85.0 cm³/mol. The van der Waals surface area contributed by atoms with Crippen molar-refractivity contribution in [2.75, 3.05) is 0 Å². The van der Waals surface area contributed by atoms with Crippen molar-refractivity contribution in [2.24, 2.45) is 0 Å². The first-order chi connectivity index (χ1) is 8.77. The van der Waals surface area contributed by atoms with Crippen LogP contribution in [0.1, 0.15) is 71.1 Å². The SMILES string of the molecule is CCCCCCCCCCC/C=C/C=C/C(=O)O.Cl. The summed E-state index contributed by atoms with van der Waals surface area (Å²) in [4.78, 5) is 10.2. The molecule has 0 saturated carbocycles. The van der Waals surface area contributed by atoms with Crippen molar-refractivity contribution in [3.63, 3.8) is 0 Å². The van der Waals surface area contributed by atoms with Crippen molar-refractivity contribution in [3.05, 3.63) is 24.3 Å². The zero-order valence-corrected chi connectivity index (χ0v) is 13.0. The van der Waals surface area contributed by atoms with Crippen molar-refractivity contribution in [1.29, 1.82) is 0 Å². The maximum atomic E-state index is 10.2. The van der Waals surface area contributed by atoms with Crippen LogP contribution in [0.15, 0.2) is 24.3 Å². The highest BCUT2D eigenvalue weighted by molar-refractivity contribution is 5.85. The van der Waals surface area contributed by atoms with E-state index < -0.39 is 5.97 Å². The number of unbranched alkanes of at least 4 members (excludes halogenated alkanes) is 9. The van der Waals surface area contributed by atoms with E-state index in [9.17, 15) is 4.79 Å². The van der Waals surface area contributed by atoms with Crippen LogP contribution in [0.4, 0.5) is 0 Å². The molecule has 0 fully saturated rings. The predicted octanol–water partition coefficient (Wildman–Crippen LogP) is 5.53. The summed E-state index contributed by atoms with van der Waals surface area (Å²) < 4.78 is 0. The van der Waals surface area contributed by atoms with Gasteiger partial charge in [0, 0.05) is 6.08 Å². The molecule has 112 valence electrons. The molecule has 0 aromatic rings. The first kappa shape index (κ1) is 20.6. The normalized spacial score (nSPS) is 11.0. The second kappa shape index (κ2) is 17.2. The van der Waals surface area contributed by atoms with Gasteiger partial charge in [-0.1, -0.05) is 76.5 Å². The Bertz CT molecular complexity index is 247. The van der Waals surface area contributed by atoms with Crippen LogP contribution in [-0.4, -0.2) is 11.1 Å². The number of carboxylic acids is 1. The molecule has 0 atom stereocenters. The highest BCUT2D eigenvalue weighted by Crippen LogP contribution is 2.10. The summed E-state index contributed by atoms with van der Waals surface area (Å²) in [5.74, 6) is -0.886. The molecule has 0 aliphatic rings. The summed E-state index contributed by atoms with van der Waals surface area (Å²) in [7, 11) is 0. The summed E-state index contributed by atoms with van der Waals surface area (Å²) in [6, 6.07) is 0. The van der Waals surface area contributed by atoms with Crippen LogP contribution >= 0.6 is 12.4 Å². The molecule has 1 N–H and O–H groups in total. The molecular weight excluding hydrogens is 260 g/mol. The second-order valence-corrected chi connectivity index (χ2v) is 4.74. The Morgan fingerprint density at radius 3 is 1.95 bits per heavy atom. The van der Waals surface area contributed by atoms with Crippen LogP contribution in [0.2, 0.25) is 0 Å². The second-order valence-electron chi connectivity index (χ2n) is 4.74. The van der Waals surface area contributed by atoms with Gasteiger partial charge in [-0.2, -0.15) is 0 Å². The largest absolute Gasteiger partial charge is 0.478 e. The van der Waals surface area contributed by atoms with Gasteiger partial charge in [-0.25, -0.2) is 4.79 Å². The Morgan fingerprint density at radius 2 is 1.42 bits per heavy atom. The number of hydrogen-bond acceptors (Lipinski definition) is 1. The average Bonchev–Trinajstić information content (AvgIpc) is 2.34. The molecule has 0 saturated heterocycles. The Kier molecular flexibility index (Phi) is 18.7. The standard InChI is InChI=1S/C16H28O2.ClH/c1-2-3-4-5-6-7-8-9-10-11-12-13-14-15-16(17)18;/h12-15H,2-11H2,1H3,(H,17,18);1H/b13-12+,15-14+;. The van der Waals surface area contributed by atoms with Crippen LogP contribution in [0.25, 0.3) is 0 Å². The van der Waals surface area contributed by atoms with Gasteiger partial charge >= 0.3 is 5.97 Å². The van der Waals surface area contributed by atoms with E-state index >= 15 is 0 Å². The van der Waals surface area contributed by atoms with Gasteiger partial charge in [-0.3, -0.25) is 0 Å². The van der Waals surface area contributed by atoms with Gasteiger partial charge in [-0.15, -0.1) is 12.4 Å². The quantitative estimate of drug-likeness (QED) is 0.291. The van der Waals surface area contributed by atoms with Gasteiger partial charge in [-0.05, 0) is 12.8 Å². The highest BCUT2D eigenvalue weighted by atomic mass is 35.5. The maximum Gasteiger partial charge on any atom is 0.328 e. The topological polar surface area (TPSA) is 37.3 Å². The number of carboxylic acid groups (broad SMARTS) is 1. The Hall–Kier alpha value is -0.760. The van der Waals surface area contributed by atoms with Crippen LogP contribution < -0.4 is 0 Å². The van der Waals surface area contributed by atoms with E-state index in [1.807, 2.05) is 12.2 Å². The van der Waals surface area contributed by atoms with E-state index in [2.05, 4.69) is 6.92 Å². The van der Waals surface area contributed by atoms with Gasteiger partial charge in [0.15, 0.2) is 0 Å². The summed E-state index contributed by atoms with van der Waals surface area (Å²) >= 11 is 0. The lowest BCUT2D eigenvalue weighted by Gasteiger charge is -2.00. The van der Waals surface area contributed by atoms with Crippen molar-refractivity contribution in [2.45, 2.75) is 71.1 Å². The van der Waals surface area contributed by atoms with Crippen LogP contribution in [0.3, 0.4) is 0 Å². The third kappa shape index (κ3) is 19.7. The van der Waals surface area contributed by atoms with Crippen LogP contribution in [-0.2, 0) is 4.79 Å². The van der Waals surface area contributed by atoms with E-state index in [0.717, 1.165) is 12.5 Å². The van der Waals surface area contributed by atoms with Gasteiger partial charge in [0.1, 0.15) is 0 Å². The third-order valence-electron chi connectivity index (χ3n) is 2.96. The first-order valence-electron chi connectivity index (χ1n) is 7.33. The van der Waals surface area contributed by atoms with Crippen molar-refractivity contribution in [3.8, 4) is 0 Å². The highest BCUT2D eigenvalue weighted by Gasteiger charge is 1.90. The Morgan fingerprint density at radius 1 is 0.895 bits per heavy atom. The van der Waals surface area contributed by atoms with Crippen molar-refractivity contribution < 1.29 is 9.90 Å². The molecule has 0 amide bonds. The van der Waals surface area contributed by atoms with E-state index in [0.29, 0.717) is 0 Å². The van der Waals surface area contributed by atoms with Crippen LogP contribution in [0.5, 0.6) is 0 Å². The Labute approximate surface area is 124 Å². The zero-order valence-electron chi connectivity index (χ0n) is 12.1. The number of hydrogen-bond donors (Lipinski definition) is 1. The lowest BCUT2D eigenvalue weighted by Crippen LogP contribution is -1.84. The van der Waals surface area contributed by atoms with Gasteiger partial charge < -0.3 is 5.11 Å². The number of carbonyl (C=O) groups is 1. The molecule has 0 rings (SSSR count). The molecule has 0 aromatic carbocycles. The van der Waals surface area contributed by atoms with Crippen molar-refractivity contribution in [1.82, 2.24) is 0 Å². The smallest absolute Gasteiger partial charge is 0.328 e. The number of rotatable bonds is 12. The lowest BCUT2D eigenvalue weighted by molar-refractivity contribution is -0.131. The van der Waals surface area contributed by atoms with E-state index in [4.69, 9.17) is 5.11 Å².